The molecule has 94 valence electrons. The van der Waals surface area contributed by atoms with E-state index in [4.69, 9.17) is 0 Å². The van der Waals surface area contributed by atoms with Crippen molar-refractivity contribution in [2.45, 2.75) is 45.4 Å². The zero-order valence-electron chi connectivity index (χ0n) is 10.5. The molecule has 1 N–H and O–H groups in total. The summed E-state index contributed by atoms with van der Waals surface area (Å²) in [6.07, 6.45) is 8.02. The van der Waals surface area contributed by atoms with Gasteiger partial charge in [0.05, 0.1) is 0 Å². The summed E-state index contributed by atoms with van der Waals surface area (Å²) in [4.78, 5) is 4.52. The van der Waals surface area contributed by atoms with Gasteiger partial charge in [0.25, 0.3) is 0 Å². The van der Waals surface area contributed by atoms with Crippen molar-refractivity contribution in [3.05, 3.63) is 5.82 Å². The first kappa shape index (κ1) is 11.5. The van der Waals surface area contributed by atoms with Crippen molar-refractivity contribution in [3.63, 3.8) is 0 Å². The number of aromatic nitrogens is 2. The summed E-state index contributed by atoms with van der Waals surface area (Å²) in [5, 5.41) is 4.52. The van der Waals surface area contributed by atoms with Crippen LogP contribution in [0, 0.1) is 17.8 Å². The molecule has 0 spiro atoms. The average Bonchev–Trinajstić information content (AvgIpc) is 3.02. The summed E-state index contributed by atoms with van der Waals surface area (Å²) >= 11 is 1.52. The van der Waals surface area contributed by atoms with Gasteiger partial charge in [0, 0.05) is 24.5 Å². The Morgan fingerprint density at radius 1 is 1.35 bits per heavy atom. The van der Waals surface area contributed by atoms with E-state index >= 15 is 0 Å². The number of aryl methyl sites for hydroxylation is 1. The molecule has 0 radical (unpaired) electrons. The lowest BCUT2D eigenvalue weighted by Crippen LogP contribution is -2.20. The van der Waals surface area contributed by atoms with Gasteiger partial charge in [-0.3, -0.25) is 0 Å². The Labute approximate surface area is 107 Å². The van der Waals surface area contributed by atoms with Crippen LogP contribution < -0.4 is 5.32 Å². The summed E-state index contributed by atoms with van der Waals surface area (Å²) in [5.41, 5.74) is 0. The Kier molecular flexibility index (Phi) is 3.32. The maximum atomic E-state index is 4.52. The van der Waals surface area contributed by atoms with Gasteiger partial charge in [-0.05, 0) is 43.4 Å². The molecule has 17 heavy (non-hydrogen) atoms. The van der Waals surface area contributed by atoms with Crippen molar-refractivity contribution in [2.75, 3.05) is 11.9 Å². The van der Waals surface area contributed by atoms with Crippen LogP contribution in [-0.4, -0.2) is 15.9 Å². The van der Waals surface area contributed by atoms with Crippen LogP contribution in [0.25, 0.3) is 0 Å². The molecular formula is C13H21N3S. The molecule has 4 heteroatoms. The predicted molar refractivity (Wildman–Crippen MR) is 71.3 cm³/mol. The molecule has 3 rings (SSSR count). The van der Waals surface area contributed by atoms with Crippen LogP contribution in [-0.2, 0) is 6.42 Å². The third-order valence-electron chi connectivity index (χ3n) is 4.34. The summed E-state index contributed by atoms with van der Waals surface area (Å²) < 4.78 is 4.37. The number of rotatable bonds is 5. The second-order valence-corrected chi connectivity index (χ2v) is 6.33. The molecule has 2 saturated carbocycles. The minimum Gasteiger partial charge on any atom is -0.360 e. The van der Waals surface area contributed by atoms with Gasteiger partial charge in [-0.25, -0.2) is 4.98 Å². The Hall–Kier alpha value is -0.640. The lowest BCUT2D eigenvalue weighted by Gasteiger charge is -2.21. The van der Waals surface area contributed by atoms with Gasteiger partial charge in [0.1, 0.15) is 5.82 Å². The topological polar surface area (TPSA) is 37.8 Å². The first-order valence-electron chi connectivity index (χ1n) is 6.91. The van der Waals surface area contributed by atoms with Crippen molar-refractivity contribution < 1.29 is 0 Å². The molecule has 2 bridgehead atoms. The average molecular weight is 251 g/mol. The first-order chi connectivity index (χ1) is 8.35. The Morgan fingerprint density at radius 3 is 3.00 bits per heavy atom. The fourth-order valence-corrected chi connectivity index (χ4v) is 4.11. The standard InChI is InChI=1S/C13H21N3S/c1-2-3-12-15-13(17-16-12)14-8-11-7-9-4-5-10(11)6-9/h9-11H,2-8H2,1H3,(H,14,15,16). The highest BCUT2D eigenvalue weighted by Crippen LogP contribution is 2.48. The van der Waals surface area contributed by atoms with Gasteiger partial charge in [0.15, 0.2) is 0 Å². The summed E-state index contributed by atoms with van der Waals surface area (Å²) in [5.74, 6) is 3.94. The molecular weight excluding hydrogens is 230 g/mol. The van der Waals surface area contributed by atoms with Crippen molar-refractivity contribution in [3.8, 4) is 0 Å². The van der Waals surface area contributed by atoms with E-state index in [1.165, 1.54) is 37.2 Å². The smallest absolute Gasteiger partial charge is 0.202 e. The number of nitrogens with zero attached hydrogens (tertiary/aromatic N) is 2. The molecule has 0 aromatic carbocycles. The molecule has 3 nitrogen and oxygen atoms in total. The SMILES string of the molecule is CCCc1nsc(NCC2CC3CCC2C3)n1. The second-order valence-electron chi connectivity index (χ2n) is 5.58. The van der Waals surface area contributed by atoms with Gasteiger partial charge >= 0.3 is 0 Å². The second kappa shape index (κ2) is 4.92. The number of anilines is 1. The van der Waals surface area contributed by atoms with Crippen molar-refractivity contribution in [1.29, 1.82) is 0 Å². The molecule has 2 aliphatic carbocycles. The third-order valence-corrected chi connectivity index (χ3v) is 5.05. The molecule has 3 atom stereocenters. The molecule has 3 unspecified atom stereocenters. The van der Waals surface area contributed by atoms with Gasteiger partial charge in [-0.15, -0.1) is 0 Å². The summed E-state index contributed by atoms with van der Waals surface area (Å²) in [7, 11) is 0. The zero-order valence-corrected chi connectivity index (χ0v) is 11.3. The first-order valence-corrected chi connectivity index (χ1v) is 7.69. The Balaban J connectivity index is 1.50. The van der Waals surface area contributed by atoms with Crippen LogP contribution in [0.5, 0.6) is 0 Å². The van der Waals surface area contributed by atoms with E-state index in [-0.39, 0.29) is 0 Å². The third kappa shape index (κ3) is 2.46. The van der Waals surface area contributed by atoms with E-state index in [0.717, 1.165) is 48.1 Å². The van der Waals surface area contributed by atoms with Crippen LogP contribution in [0.1, 0.15) is 44.9 Å². The van der Waals surface area contributed by atoms with E-state index < -0.39 is 0 Å². The predicted octanol–water partition coefficient (Wildman–Crippen LogP) is 3.34. The van der Waals surface area contributed by atoms with E-state index in [1.54, 1.807) is 0 Å². The van der Waals surface area contributed by atoms with Crippen LogP contribution in [0.15, 0.2) is 0 Å². The van der Waals surface area contributed by atoms with Crippen LogP contribution in [0.4, 0.5) is 5.13 Å². The van der Waals surface area contributed by atoms with Crippen molar-refractivity contribution in [2.24, 2.45) is 17.8 Å². The highest BCUT2D eigenvalue weighted by molar-refractivity contribution is 7.09. The van der Waals surface area contributed by atoms with Gasteiger partial charge in [0.2, 0.25) is 5.13 Å². The van der Waals surface area contributed by atoms with Crippen molar-refractivity contribution >= 4 is 16.7 Å². The van der Waals surface area contributed by atoms with E-state index in [1.807, 2.05) is 0 Å². The minimum absolute atomic E-state index is 0.896. The van der Waals surface area contributed by atoms with Gasteiger partial charge in [-0.1, -0.05) is 13.3 Å². The lowest BCUT2D eigenvalue weighted by molar-refractivity contribution is 0.348. The van der Waals surface area contributed by atoms with E-state index in [2.05, 4.69) is 21.6 Å². The maximum absolute atomic E-state index is 4.52. The van der Waals surface area contributed by atoms with E-state index in [0.29, 0.717) is 0 Å². The van der Waals surface area contributed by atoms with E-state index in [9.17, 15) is 0 Å². The minimum atomic E-state index is 0.896. The normalized spacial score (nSPS) is 31.0. The molecule has 1 heterocycles. The van der Waals surface area contributed by atoms with Crippen LogP contribution in [0.2, 0.25) is 0 Å². The summed E-state index contributed by atoms with van der Waals surface area (Å²) in [6, 6.07) is 0. The van der Waals surface area contributed by atoms with Crippen molar-refractivity contribution in [1.82, 2.24) is 9.36 Å². The van der Waals surface area contributed by atoms with Gasteiger partial charge in [-0.2, -0.15) is 4.37 Å². The van der Waals surface area contributed by atoms with Crippen LogP contribution >= 0.6 is 11.5 Å². The molecule has 1 aromatic rings. The maximum Gasteiger partial charge on any atom is 0.202 e. The Bertz CT molecular complexity index is 376. The molecule has 2 aliphatic rings. The molecule has 0 saturated heterocycles. The lowest BCUT2D eigenvalue weighted by atomic mass is 9.89. The highest BCUT2D eigenvalue weighted by atomic mass is 32.1. The molecule has 0 aliphatic heterocycles. The fraction of sp³-hybridized carbons (Fsp3) is 0.846. The molecule has 0 amide bonds. The number of nitrogens with one attached hydrogen (secondary N) is 1. The monoisotopic (exact) mass is 251 g/mol. The number of hydrogen-bond donors (Lipinski definition) is 1. The van der Waals surface area contributed by atoms with Gasteiger partial charge < -0.3 is 5.32 Å². The fourth-order valence-electron chi connectivity index (χ4n) is 3.50. The summed E-state index contributed by atoms with van der Waals surface area (Å²) in [6.45, 7) is 3.28. The zero-order chi connectivity index (χ0) is 11.7. The number of hydrogen-bond acceptors (Lipinski definition) is 4. The largest absolute Gasteiger partial charge is 0.360 e. The molecule has 1 aromatic heterocycles. The highest BCUT2D eigenvalue weighted by Gasteiger charge is 2.39. The molecule has 2 fully saturated rings. The quantitative estimate of drug-likeness (QED) is 0.872. The number of fused-ring (bicyclic) bond motifs is 2. The van der Waals surface area contributed by atoms with Crippen LogP contribution in [0.3, 0.4) is 0 Å². The Morgan fingerprint density at radius 2 is 2.29 bits per heavy atom.